The first-order chi connectivity index (χ1) is 13.7. The van der Waals surface area contributed by atoms with E-state index >= 15 is 0 Å². The topological polar surface area (TPSA) is 43.7 Å². The maximum absolute atomic E-state index is 13.1. The van der Waals surface area contributed by atoms with Gasteiger partial charge in [-0.25, -0.2) is 0 Å². The molecule has 0 amide bonds. The Kier molecular flexibility index (Phi) is 4.32. The number of nitrogens with zero attached hydrogens (tertiary/aromatic N) is 2. The summed E-state index contributed by atoms with van der Waals surface area (Å²) in [6, 6.07) is 14.0. The van der Waals surface area contributed by atoms with Gasteiger partial charge in [0.15, 0.2) is 17.3 Å². The van der Waals surface area contributed by atoms with Crippen LogP contribution in [0, 0.1) is 5.92 Å². The molecule has 0 bridgehead atoms. The van der Waals surface area contributed by atoms with Crippen molar-refractivity contribution in [3.05, 3.63) is 59.8 Å². The number of fused-ring (bicyclic) bond motifs is 2. The van der Waals surface area contributed by atoms with Crippen LogP contribution in [0.5, 0.6) is 11.5 Å². The molecule has 2 aromatic carbocycles. The molecule has 5 nitrogen and oxygen atoms in total. The molecule has 1 fully saturated rings. The van der Waals surface area contributed by atoms with Crippen LogP contribution in [0.25, 0.3) is 10.9 Å². The molecule has 28 heavy (non-hydrogen) atoms. The van der Waals surface area contributed by atoms with Gasteiger partial charge in [-0.3, -0.25) is 9.69 Å². The highest BCUT2D eigenvalue weighted by Gasteiger charge is 2.28. The third-order valence-corrected chi connectivity index (χ3v) is 5.91. The molecule has 144 valence electrons. The number of Topliss-reactive ketones (excluding diaryl/α,β-unsaturated/α-hetero) is 1. The fraction of sp³-hybridized carbons (Fsp3) is 0.348. The fourth-order valence-electron chi connectivity index (χ4n) is 4.49. The van der Waals surface area contributed by atoms with Crippen LogP contribution in [0.1, 0.15) is 28.8 Å². The number of ketones is 1. The highest BCUT2D eigenvalue weighted by atomic mass is 16.7. The second kappa shape index (κ2) is 6.99. The molecule has 1 saturated heterocycles. The number of carbonyl (C=O) groups excluding carboxylic acids is 1. The quantitative estimate of drug-likeness (QED) is 0.646. The third kappa shape index (κ3) is 3.06. The Balaban J connectivity index is 1.32. The number of hydrogen-bond acceptors (Lipinski definition) is 4. The van der Waals surface area contributed by atoms with Crippen molar-refractivity contribution >= 4 is 16.7 Å². The molecule has 0 N–H and O–H groups in total. The molecular weight excluding hydrogens is 352 g/mol. The third-order valence-electron chi connectivity index (χ3n) is 5.91. The van der Waals surface area contributed by atoms with Crippen molar-refractivity contribution in [2.24, 2.45) is 13.0 Å². The smallest absolute Gasteiger partial charge is 0.231 e. The van der Waals surface area contributed by atoms with E-state index in [1.54, 1.807) is 0 Å². The number of rotatable bonds is 4. The lowest BCUT2D eigenvalue weighted by Gasteiger charge is -2.32. The first-order valence-corrected chi connectivity index (χ1v) is 9.88. The summed E-state index contributed by atoms with van der Waals surface area (Å²) >= 11 is 0. The monoisotopic (exact) mass is 376 g/mol. The zero-order chi connectivity index (χ0) is 19.1. The van der Waals surface area contributed by atoms with Crippen LogP contribution < -0.4 is 9.47 Å². The minimum atomic E-state index is 0.0316. The Bertz CT molecular complexity index is 1040. The summed E-state index contributed by atoms with van der Waals surface area (Å²) in [7, 11) is 2.09. The van der Waals surface area contributed by atoms with Gasteiger partial charge >= 0.3 is 0 Å². The summed E-state index contributed by atoms with van der Waals surface area (Å²) in [5.41, 5.74) is 3.30. The molecule has 0 radical (unpaired) electrons. The minimum Gasteiger partial charge on any atom is -0.454 e. The second-order valence-corrected chi connectivity index (χ2v) is 7.79. The number of benzene rings is 2. The van der Waals surface area contributed by atoms with Crippen molar-refractivity contribution < 1.29 is 14.3 Å². The molecule has 0 spiro atoms. The van der Waals surface area contributed by atoms with E-state index in [4.69, 9.17) is 9.47 Å². The average molecular weight is 376 g/mol. The molecule has 0 unspecified atom stereocenters. The van der Waals surface area contributed by atoms with Gasteiger partial charge in [-0.15, -0.1) is 0 Å². The molecule has 3 heterocycles. The predicted molar refractivity (Wildman–Crippen MR) is 108 cm³/mol. The van der Waals surface area contributed by atoms with E-state index in [-0.39, 0.29) is 18.5 Å². The van der Waals surface area contributed by atoms with Crippen molar-refractivity contribution in [1.82, 2.24) is 9.47 Å². The van der Waals surface area contributed by atoms with Gasteiger partial charge in [-0.1, -0.05) is 18.2 Å². The molecule has 3 aromatic rings. The van der Waals surface area contributed by atoms with Gasteiger partial charge in [-0.2, -0.15) is 0 Å². The highest BCUT2D eigenvalue weighted by molar-refractivity contribution is 5.98. The van der Waals surface area contributed by atoms with Gasteiger partial charge in [-0.05, 0) is 49.2 Å². The normalized spacial score (nSPS) is 19.2. The molecule has 5 rings (SSSR count). The highest BCUT2D eigenvalue weighted by Crippen LogP contribution is 2.34. The second-order valence-electron chi connectivity index (χ2n) is 7.79. The molecule has 2 aliphatic heterocycles. The number of aryl methyl sites for hydroxylation is 1. The number of aromatic nitrogens is 1. The maximum Gasteiger partial charge on any atom is 0.231 e. The van der Waals surface area contributed by atoms with Gasteiger partial charge < -0.3 is 14.0 Å². The first kappa shape index (κ1) is 17.3. The summed E-state index contributed by atoms with van der Waals surface area (Å²) in [5, 5.41) is 1.30. The van der Waals surface area contributed by atoms with E-state index in [1.165, 1.54) is 16.5 Å². The summed E-state index contributed by atoms with van der Waals surface area (Å²) in [6.07, 6.45) is 4.21. The lowest BCUT2D eigenvalue weighted by atomic mass is 9.89. The van der Waals surface area contributed by atoms with E-state index in [1.807, 2.05) is 18.2 Å². The lowest BCUT2D eigenvalue weighted by Crippen LogP contribution is -2.38. The van der Waals surface area contributed by atoms with Crippen LogP contribution in [0.4, 0.5) is 0 Å². The molecule has 0 aliphatic carbocycles. The van der Waals surface area contributed by atoms with Crippen LogP contribution in [-0.2, 0) is 13.6 Å². The Morgan fingerprint density at radius 1 is 1.14 bits per heavy atom. The maximum atomic E-state index is 13.1. The van der Waals surface area contributed by atoms with Crippen molar-refractivity contribution in [2.75, 3.05) is 19.9 Å². The largest absolute Gasteiger partial charge is 0.454 e. The van der Waals surface area contributed by atoms with Crippen LogP contribution in [0.3, 0.4) is 0 Å². The molecule has 2 aliphatic rings. The molecule has 1 atom stereocenters. The number of hydrogen-bond donors (Lipinski definition) is 0. The van der Waals surface area contributed by atoms with E-state index in [2.05, 4.69) is 47.0 Å². The zero-order valence-corrected chi connectivity index (χ0v) is 16.1. The zero-order valence-electron chi connectivity index (χ0n) is 16.1. The lowest BCUT2D eigenvalue weighted by molar-refractivity contribution is 0.0811. The number of para-hydroxylation sites is 1. The first-order valence-electron chi connectivity index (χ1n) is 9.88. The molecule has 1 aromatic heterocycles. The minimum absolute atomic E-state index is 0.0316. The van der Waals surface area contributed by atoms with Gasteiger partial charge in [0, 0.05) is 48.7 Å². The van der Waals surface area contributed by atoms with E-state index in [0.717, 1.165) is 43.8 Å². The van der Waals surface area contributed by atoms with E-state index in [0.29, 0.717) is 5.75 Å². The Morgan fingerprint density at radius 2 is 2.00 bits per heavy atom. The van der Waals surface area contributed by atoms with Gasteiger partial charge in [0.05, 0.1) is 0 Å². The van der Waals surface area contributed by atoms with E-state index < -0.39 is 0 Å². The van der Waals surface area contributed by atoms with Crippen molar-refractivity contribution in [2.45, 2.75) is 19.4 Å². The number of likely N-dealkylation sites (tertiary alicyclic amines) is 1. The van der Waals surface area contributed by atoms with Crippen LogP contribution >= 0.6 is 0 Å². The van der Waals surface area contributed by atoms with Crippen molar-refractivity contribution in [1.29, 1.82) is 0 Å². The number of ether oxygens (including phenoxy) is 2. The molecule has 0 saturated carbocycles. The SMILES string of the molecule is Cn1cc(CN2CCC[C@@H](C(=O)c3ccc4c(c3)OCO4)C2)c2ccccc21. The summed E-state index contributed by atoms with van der Waals surface area (Å²) in [4.78, 5) is 15.5. The van der Waals surface area contributed by atoms with Gasteiger partial charge in [0.2, 0.25) is 6.79 Å². The van der Waals surface area contributed by atoms with Crippen molar-refractivity contribution in [3.8, 4) is 11.5 Å². The fourth-order valence-corrected chi connectivity index (χ4v) is 4.49. The number of piperidine rings is 1. The summed E-state index contributed by atoms with van der Waals surface area (Å²) in [6.45, 7) is 2.95. The Labute approximate surface area is 164 Å². The Hall–Kier alpha value is -2.79. The van der Waals surface area contributed by atoms with Crippen LogP contribution in [0.2, 0.25) is 0 Å². The summed E-state index contributed by atoms with van der Waals surface area (Å²) < 4.78 is 13.0. The predicted octanol–water partition coefficient (Wildman–Crippen LogP) is 4.00. The van der Waals surface area contributed by atoms with E-state index in [9.17, 15) is 4.79 Å². The van der Waals surface area contributed by atoms with Gasteiger partial charge in [0.1, 0.15) is 0 Å². The Morgan fingerprint density at radius 3 is 2.93 bits per heavy atom. The number of carbonyl (C=O) groups is 1. The van der Waals surface area contributed by atoms with Crippen LogP contribution in [0.15, 0.2) is 48.7 Å². The van der Waals surface area contributed by atoms with Crippen LogP contribution in [-0.4, -0.2) is 35.1 Å². The molecular formula is C23H24N2O3. The average Bonchev–Trinajstić information content (AvgIpc) is 3.32. The standard InChI is InChI=1S/C23H24N2O3/c1-24-12-18(19-6-2-3-7-20(19)24)14-25-10-4-5-17(13-25)23(26)16-8-9-21-22(11-16)28-15-27-21/h2-3,6-9,11-12,17H,4-5,10,13-15H2,1H3/t17-/m1/s1. The van der Waals surface area contributed by atoms with Crippen molar-refractivity contribution in [3.63, 3.8) is 0 Å². The molecule has 5 heteroatoms. The van der Waals surface area contributed by atoms with Gasteiger partial charge in [0.25, 0.3) is 0 Å². The summed E-state index contributed by atoms with van der Waals surface area (Å²) in [5.74, 6) is 1.64.